The molecule has 2 aliphatic rings. The zero-order valence-corrected chi connectivity index (χ0v) is 21.7. The third-order valence-electron chi connectivity index (χ3n) is 7.03. The molecule has 5 heterocycles. The van der Waals surface area contributed by atoms with Gasteiger partial charge in [-0.2, -0.15) is 4.31 Å². The highest BCUT2D eigenvalue weighted by Gasteiger charge is 2.29. The van der Waals surface area contributed by atoms with Crippen LogP contribution in [-0.4, -0.2) is 78.9 Å². The van der Waals surface area contributed by atoms with Crippen LogP contribution in [-0.2, 0) is 28.4 Å². The number of pyridine rings is 2. The highest BCUT2D eigenvalue weighted by molar-refractivity contribution is 7.88. The summed E-state index contributed by atoms with van der Waals surface area (Å²) in [5, 5.41) is 0.499. The molecule has 36 heavy (non-hydrogen) atoms. The van der Waals surface area contributed by atoms with Crippen molar-refractivity contribution in [1.29, 1.82) is 0 Å². The van der Waals surface area contributed by atoms with Crippen molar-refractivity contribution in [2.45, 2.75) is 25.9 Å². The topological polar surface area (TPSA) is 107 Å². The fourth-order valence-electron chi connectivity index (χ4n) is 4.91. The third kappa shape index (κ3) is 5.06. The number of hydrogen-bond donors (Lipinski definition) is 0. The van der Waals surface area contributed by atoms with Gasteiger partial charge in [-0.1, -0.05) is 0 Å². The molecule has 0 amide bonds. The molecule has 2 unspecified atom stereocenters. The maximum Gasteiger partial charge on any atom is 0.261 e. The number of piperazine rings is 1. The van der Waals surface area contributed by atoms with Gasteiger partial charge in [0.05, 0.1) is 37.6 Å². The Balaban J connectivity index is 1.44. The molecule has 11 heteroatoms. The standard InChI is InChI=1S/C25H32N4O6S/c1-17-12-29(36(3,31)32)8-7-28(17)13-19-10-21-24(35-19)22(14-27(2)25(21)30)20-4-6-26-11-23(20)34-16-18-5-9-33-15-18/h4,6,10-11,14,17-18H,5,7-9,12-13,15-16H2,1-3H3. The molecule has 2 aliphatic heterocycles. The SMILES string of the molecule is CC1CN(S(C)(=O)=O)CCN1Cc1cc2c(=O)n(C)cc(-c3ccncc3OCC3CCOC3)c2o1. The Kier molecular flexibility index (Phi) is 6.90. The average Bonchev–Trinajstić information content (AvgIpc) is 3.51. The maximum absolute atomic E-state index is 13.0. The molecular formula is C25H32N4O6S. The quantitative estimate of drug-likeness (QED) is 0.470. The summed E-state index contributed by atoms with van der Waals surface area (Å²) in [6, 6.07) is 3.69. The molecule has 2 atom stereocenters. The molecule has 3 aromatic heterocycles. The molecule has 0 N–H and O–H groups in total. The number of sulfonamides is 1. The summed E-state index contributed by atoms with van der Waals surface area (Å²) < 4.78 is 44.8. The molecule has 0 aliphatic carbocycles. The van der Waals surface area contributed by atoms with Gasteiger partial charge in [0.1, 0.15) is 17.1 Å². The van der Waals surface area contributed by atoms with Crippen LogP contribution in [0.25, 0.3) is 22.1 Å². The van der Waals surface area contributed by atoms with Crippen molar-refractivity contribution in [3.8, 4) is 16.9 Å². The van der Waals surface area contributed by atoms with Gasteiger partial charge in [0.15, 0.2) is 0 Å². The van der Waals surface area contributed by atoms with Crippen LogP contribution in [0.15, 0.2) is 39.9 Å². The van der Waals surface area contributed by atoms with Crippen molar-refractivity contribution < 1.29 is 22.3 Å². The van der Waals surface area contributed by atoms with Crippen molar-refractivity contribution in [2.24, 2.45) is 13.0 Å². The van der Waals surface area contributed by atoms with Gasteiger partial charge >= 0.3 is 0 Å². The van der Waals surface area contributed by atoms with Crippen LogP contribution < -0.4 is 10.3 Å². The van der Waals surface area contributed by atoms with Crippen LogP contribution >= 0.6 is 0 Å². The number of nitrogens with zero attached hydrogens (tertiary/aromatic N) is 4. The zero-order chi connectivity index (χ0) is 25.4. The van der Waals surface area contributed by atoms with Crippen molar-refractivity contribution in [1.82, 2.24) is 18.8 Å². The predicted molar refractivity (Wildman–Crippen MR) is 135 cm³/mol. The van der Waals surface area contributed by atoms with Crippen LogP contribution in [0.1, 0.15) is 19.1 Å². The van der Waals surface area contributed by atoms with E-state index in [4.69, 9.17) is 13.9 Å². The number of aromatic nitrogens is 2. The molecule has 2 saturated heterocycles. The lowest BCUT2D eigenvalue weighted by Crippen LogP contribution is -2.52. The van der Waals surface area contributed by atoms with Crippen molar-refractivity contribution in [3.63, 3.8) is 0 Å². The van der Waals surface area contributed by atoms with Gasteiger partial charge < -0.3 is 18.5 Å². The number of hydrogen-bond acceptors (Lipinski definition) is 8. The van der Waals surface area contributed by atoms with Crippen LogP contribution in [0.3, 0.4) is 0 Å². The largest absolute Gasteiger partial charge is 0.491 e. The highest BCUT2D eigenvalue weighted by Crippen LogP contribution is 2.35. The van der Waals surface area contributed by atoms with Crippen molar-refractivity contribution in [2.75, 3.05) is 45.7 Å². The van der Waals surface area contributed by atoms with E-state index < -0.39 is 10.0 Å². The molecule has 0 saturated carbocycles. The number of ether oxygens (including phenoxy) is 2. The smallest absolute Gasteiger partial charge is 0.261 e. The summed E-state index contributed by atoms with van der Waals surface area (Å²) >= 11 is 0. The first kappa shape index (κ1) is 24.9. The van der Waals surface area contributed by atoms with Crippen LogP contribution in [0, 0.1) is 5.92 Å². The minimum atomic E-state index is -3.22. The first-order valence-corrected chi connectivity index (χ1v) is 14.0. The first-order valence-electron chi connectivity index (χ1n) is 12.2. The predicted octanol–water partition coefficient (Wildman–Crippen LogP) is 2.07. The van der Waals surface area contributed by atoms with E-state index in [2.05, 4.69) is 9.88 Å². The Morgan fingerprint density at radius 3 is 2.81 bits per heavy atom. The van der Waals surface area contributed by atoms with Crippen molar-refractivity contribution in [3.05, 3.63) is 46.8 Å². The van der Waals surface area contributed by atoms with E-state index in [0.717, 1.165) is 24.2 Å². The molecule has 0 aromatic carbocycles. The van der Waals surface area contributed by atoms with Gasteiger partial charge in [0.25, 0.3) is 5.56 Å². The van der Waals surface area contributed by atoms with E-state index in [1.54, 1.807) is 36.3 Å². The van der Waals surface area contributed by atoms with E-state index in [1.165, 1.54) is 10.6 Å². The first-order chi connectivity index (χ1) is 17.2. The second-order valence-electron chi connectivity index (χ2n) is 9.77. The summed E-state index contributed by atoms with van der Waals surface area (Å²) in [6.45, 7) is 5.91. The van der Waals surface area contributed by atoms with Gasteiger partial charge in [-0.3, -0.25) is 14.7 Å². The van der Waals surface area contributed by atoms with Crippen LogP contribution in [0.4, 0.5) is 0 Å². The monoisotopic (exact) mass is 516 g/mol. The second-order valence-corrected chi connectivity index (χ2v) is 11.7. The molecule has 10 nitrogen and oxygen atoms in total. The Labute approximate surface area is 210 Å². The second kappa shape index (κ2) is 9.97. The molecule has 3 aromatic rings. The number of fused-ring (bicyclic) bond motifs is 1. The van der Waals surface area contributed by atoms with Gasteiger partial charge in [0.2, 0.25) is 10.0 Å². The molecule has 0 spiro atoms. The van der Waals surface area contributed by atoms with Crippen LogP contribution in [0.2, 0.25) is 0 Å². The highest BCUT2D eigenvalue weighted by atomic mass is 32.2. The Morgan fingerprint density at radius 1 is 1.25 bits per heavy atom. The molecule has 0 radical (unpaired) electrons. The lowest BCUT2D eigenvalue weighted by molar-refractivity contribution is 0.115. The van der Waals surface area contributed by atoms with Gasteiger partial charge in [-0.25, -0.2) is 8.42 Å². The summed E-state index contributed by atoms with van der Waals surface area (Å²) in [5.41, 5.74) is 1.93. The Hall–Kier alpha value is -2.73. The summed E-state index contributed by atoms with van der Waals surface area (Å²) in [7, 11) is -1.50. The van der Waals surface area contributed by atoms with Crippen molar-refractivity contribution >= 4 is 21.0 Å². The molecular weight excluding hydrogens is 484 g/mol. The lowest BCUT2D eigenvalue weighted by atomic mass is 10.1. The third-order valence-corrected chi connectivity index (χ3v) is 8.30. The average molecular weight is 517 g/mol. The van der Waals surface area contributed by atoms with E-state index in [1.807, 2.05) is 13.0 Å². The normalized spacial score (nSPS) is 21.9. The molecule has 194 valence electrons. The Bertz CT molecular complexity index is 1410. The van der Waals surface area contributed by atoms with Gasteiger partial charge in [0, 0.05) is 68.8 Å². The van der Waals surface area contributed by atoms with Gasteiger partial charge in [-0.05, 0) is 25.5 Å². The van der Waals surface area contributed by atoms with E-state index >= 15 is 0 Å². The summed E-state index contributed by atoms with van der Waals surface area (Å²) in [4.78, 5) is 19.4. The van der Waals surface area contributed by atoms with Gasteiger partial charge in [-0.15, -0.1) is 0 Å². The zero-order valence-electron chi connectivity index (χ0n) is 20.8. The summed E-state index contributed by atoms with van der Waals surface area (Å²) in [5.74, 6) is 1.64. The minimum absolute atomic E-state index is 0.0174. The molecule has 5 rings (SSSR count). The summed E-state index contributed by atoms with van der Waals surface area (Å²) in [6.07, 6.45) is 7.37. The fraction of sp³-hybridized carbons (Fsp3) is 0.520. The lowest BCUT2D eigenvalue weighted by Gasteiger charge is -2.38. The van der Waals surface area contributed by atoms with Crippen LogP contribution in [0.5, 0.6) is 5.75 Å². The van der Waals surface area contributed by atoms with E-state index in [0.29, 0.717) is 67.8 Å². The number of aryl methyl sites for hydroxylation is 1. The van der Waals surface area contributed by atoms with E-state index in [9.17, 15) is 13.2 Å². The van der Waals surface area contributed by atoms with E-state index in [-0.39, 0.29) is 11.6 Å². The minimum Gasteiger partial charge on any atom is -0.491 e. The maximum atomic E-state index is 13.0. The molecule has 0 bridgehead atoms. The number of rotatable bonds is 7. The fourth-order valence-corrected chi connectivity index (χ4v) is 5.81. The molecule has 2 fully saturated rings. The number of furan rings is 1. The Morgan fingerprint density at radius 2 is 2.08 bits per heavy atom.